The molecule has 67 heavy (non-hydrogen) atoms. The van der Waals surface area contributed by atoms with Crippen LogP contribution in [0, 0.1) is 0 Å². The third kappa shape index (κ3) is 11.7. The third-order valence-electron chi connectivity index (χ3n) is 12.8. The fraction of sp³-hybridized carbons (Fsp3) is 0.537. The lowest BCUT2D eigenvalue weighted by Gasteiger charge is -2.31. The van der Waals surface area contributed by atoms with Gasteiger partial charge in [0.1, 0.15) is 22.7 Å². The van der Waals surface area contributed by atoms with Gasteiger partial charge in [0.05, 0.1) is 32.3 Å². The summed E-state index contributed by atoms with van der Waals surface area (Å²) in [7, 11) is -12.6. The van der Waals surface area contributed by atoms with Gasteiger partial charge in [-0.05, 0) is 88.9 Å². The van der Waals surface area contributed by atoms with Crippen LogP contribution in [0.15, 0.2) is 56.9 Å². The molecule has 1 aromatic heterocycles. The van der Waals surface area contributed by atoms with E-state index in [4.69, 9.17) is 26.5 Å². The fourth-order valence-corrected chi connectivity index (χ4v) is 16.5. The molecule has 13 heteroatoms. The van der Waals surface area contributed by atoms with E-state index in [9.17, 15) is 4.79 Å². The maximum atomic E-state index is 12.5. The molecule has 5 aromatic rings. The molecule has 0 saturated carbocycles. The second-order valence-electron chi connectivity index (χ2n) is 27.2. The Kier molecular flexibility index (Phi) is 14.2. The van der Waals surface area contributed by atoms with Crippen LogP contribution < -0.4 is 29.8 Å². The summed E-state index contributed by atoms with van der Waals surface area (Å²) in [6, 6.07) is 18.8. The predicted molar refractivity (Wildman–Crippen MR) is 301 cm³/mol. The zero-order valence-electron chi connectivity index (χ0n) is 45.6. The molecular weight excluding hydrogens is 935 g/mol. The lowest BCUT2D eigenvalue weighted by molar-refractivity contribution is -0.132. The van der Waals surface area contributed by atoms with Gasteiger partial charge in [0.2, 0.25) is 0 Å². The molecule has 366 valence electrons. The summed E-state index contributed by atoms with van der Waals surface area (Å²) >= 11 is 0. The van der Waals surface area contributed by atoms with Crippen molar-refractivity contribution in [1.82, 2.24) is 0 Å². The summed E-state index contributed by atoms with van der Waals surface area (Å²) in [5.41, 5.74) is 7.88. The average Bonchev–Trinajstić information content (AvgIpc) is 3.47. The molecular formula is C54H82O7P2Si4. The maximum Gasteiger partial charge on any atom is 0.465 e. The Hall–Kier alpha value is -2.89. The normalized spacial score (nSPS) is 15.9. The van der Waals surface area contributed by atoms with Crippen molar-refractivity contribution < 1.29 is 31.3 Å². The molecule has 2 heterocycles. The number of hydrogen-bond acceptors (Lipinski definition) is 7. The van der Waals surface area contributed by atoms with Crippen LogP contribution in [-0.4, -0.2) is 44.9 Å². The van der Waals surface area contributed by atoms with Gasteiger partial charge in [0, 0.05) is 21.9 Å². The molecule has 1 aliphatic rings. The minimum Gasteiger partial charge on any atom is -0.417 e. The summed E-state index contributed by atoms with van der Waals surface area (Å²) < 4.78 is 41.2. The SMILES string of the molecule is CC(C)(C)c1cc(-c2cc(C(C)(C)C)cc([Si](C)(C)C)c2Op2oc3c([Si](C)(C)C)cc(C(C)(C)C)cc3c3cc(C(C)(C)C)cc([Si](C)(C)C)c3o2)c(OP2OCC(=O)O2)c([Si](C)(C)C)c1. The van der Waals surface area contributed by atoms with Gasteiger partial charge in [0.15, 0.2) is 6.61 Å². The first kappa shape index (κ1) is 53.5. The van der Waals surface area contributed by atoms with E-state index in [-0.39, 0.29) is 28.3 Å². The lowest BCUT2D eigenvalue weighted by atomic mass is 9.83. The van der Waals surface area contributed by atoms with E-state index < -0.39 is 55.1 Å². The minimum absolute atomic E-state index is 0.101. The molecule has 7 nitrogen and oxygen atoms in total. The van der Waals surface area contributed by atoms with Crippen molar-refractivity contribution in [2.45, 2.75) is 183 Å². The molecule has 4 aromatic carbocycles. The number of carbonyl (C=O) groups excluding carboxylic acids is 1. The van der Waals surface area contributed by atoms with Crippen LogP contribution in [-0.2, 0) is 35.5 Å². The molecule has 6 rings (SSSR count). The molecule has 0 aliphatic carbocycles. The summed E-state index contributed by atoms with van der Waals surface area (Å²) in [6.45, 7) is 55.9. The van der Waals surface area contributed by atoms with Crippen molar-refractivity contribution >= 4 is 97.8 Å². The van der Waals surface area contributed by atoms with Gasteiger partial charge in [-0.25, -0.2) is 4.79 Å². The highest BCUT2D eigenvalue weighted by molar-refractivity contribution is 7.43. The van der Waals surface area contributed by atoms with Crippen LogP contribution in [0.25, 0.3) is 33.1 Å². The van der Waals surface area contributed by atoms with E-state index in [0.29, 0.717) is 5.75 Å². The quantitative estimate of drug-likeness (QED) is 0.107. The highest BCUT2D eigenvalue weighted by Gasteiger charge is 2.38. The second kappa shape index (κ2) is 17.8. The first-order valence-electron chi connectivity index (χ1n) is 24.1. The molecule has 1 saturated heterocycles. The van der Waals surface area contributed by atoms with Gasteiger partial charge < -0.3 is 22.0 Å². The van der Waals surface area contributed by atoms with Gasteiger partial charge in [-0.1, -0.05) is 186 Å². The average molecular weight is 1020 g/mol. The minimum atomic E-state index is -2.23. The van der Waals surface area contributed by atoms with Gasteiger partial charge in [-0.2, -0.15) is 0 Å². The van der Waals surface area contributed by atoms with Crippen molar-refractivity contribution in [3.05, 3.63) is 70.8 Å². The number of carbonyl (C=O) groups is 1. The van der Waals surface area contributed by atoms with Gasteiger partial charge >= 0.3 is 22.8 Å². The summed E-state index contributed by atoms with van der Waals surface area (Å²) in [6.07, 6.45) is 0. The standard InChI is InChI=1S/C54H82O7P2Si4/c1-51(2,3)34-25-38(47(42(29-34)64(13,14)15)58-62-56-33-46(55)57-62)39-26-35(52(4,5)6)30-43(65(16,17)18)48(39)59-63-60-49-40(27-36(53(7,8)9)31-44(49)66(19,20)21)41-28-37(54(10,11)12)32-45(50(41)61-63)67(22,23)24/h25-32H,33H2,1-24H3. The number of rotatable bonds is 9. The first-order valence-corrected chi connectivity index (χ1v) is 40.3. The Balaban J connectivity index is 1.89. The Labute approximate surface area is 410 Å². The monoisotopic (exact) mass is 1020 g/mol. The zero-order valence-corrected chi connectivity index (χ0v) is 51.4. The van der Waals surface area contributed by atoms with Crippen molar-refractivity contribution in [2.24, 2.45) is 0 Å². The number of benzene rings is 4. The molecule has 1 atom stereocenters. The van der Waals surface area contributed by atoms with Crippen LogP contribution in [0.5, 0.6) is 11.5 Å². The largest absolute Gasteiger partial charge is 0.465 e. The second-order valence-corrected chi connectivity index (χ2v) is 49.4. The highest BCUT2D eigenvalue weighted by Crippen LogP contribution is 2.51. The highest BCUT2D eigenvalue weighted by atomic mass is 31.2. The number of hydrogen-bond donors (Lipinski definition) is 0. The smallest absolute Gasteiger partial charge is 0.417 e. The summed E-state index contributed by atoms with van der Waals surface area (Å²) in [4.78, 5) is 12.5. The van der Waals surface area contributed by atoms with Gasteiger partial charge in [-0.3, -0.25) is 4.52 Å². The maximum absolute atomic E-state index is 12.5. The molecule has 0 N–H and O–H groups in total. The lowest BCUT2D eigenvalue weighted by Crippen LogP contribution is -2.40. The van der Waals surface area contributed by atoms with Crippen LogP contribution in [0.1, 0.15) is 105 Å². The van der Waals surface area contributed by atoms with E-state index in [1.54, 1.807) is 0 Å². The van der Waals surface area contributed by atoms with E-state index in [1.807, 2.05) is 0 Å². The van der Waals surface area contributed by atoms with Crippen LogP contribution >= 0.6 is 16.8 Å². The third-order valence-corrected chi connectivity index (χ3v) is 22.7. The van der Waals surface area contributed by atoms with E-state index in [1.165, 1.54) is 37.8 Å². The predicted octanol–water partition coefficient (Wildman–Crippen LogP) is 15.3. The molecule has 0 amide bonds. The topological polar surface area (TPSA) is 80.3 Å². The molecule has 0 spiro atoms. The van der Waals surface area contributed by atoms with Crippen LogP contribution in [0.4, 0.5) is 0 Å². The molecule has 1 unspecified atom stereocenters. The van der Waals surface area contributed by atoms with E-state index in [0.717, 1.165) is 44.0 Å². The van der Waals surface area contributed by atoms with Gasteiger partial charge in [0.25, 0.3) is 0 Å². The van der Waals surface area contributed by atoms with Crippen molar-refractivity contribution in [3.63, 3.8) is 0 Å². The fourth-order valence-electron chi connectivity index (χ4n) is 8.31. The number of fused-ring (bicyclic) bond motifs is 3. The zero-order chi connectivity index (χ0) is 50.6. The first-order chi connectivity index (χ1) is 30.2. The van der Waals surface area contributed by atoms with E-state index >= 15 is 0 Å². The Morgan fingerprint density at radius 3 is 1.06 bits per heavy atom. The molecule has 0 bridgehead atoms. The Bertz CT molecular complexity index is 2680. The molecule has 0 radical (unpaired) electrons. The van der Waals surface area contributed by atoms with Crippen LogP contribution in [0.3, 0.4) is 0 Å². The van der Waals surface area contributed by atoms with Crippen molar-refractivity contribution in [1.29, 1.82) is 0 Å². The van der Waals surface area contributed by atoms with Gasteiger partial charge in [-0.15, -0.1) is 0 Å². The van der Waals surface area contributed by atoms with Crippen molar-refractivity contribution in [3.8, 4) is 22.6 Å². The molecule has 1 fully saturated rings. The Morgan fingerprint density at radius 1 is 0.448 bits per heavy atom. The molecule has 1 aliphatic heterocycles. The summed E-state index contributed by atoms with van der Waals surface area (Å²) in [5.74, 6) is 1.02. The summed E-state index contributed by atoms with van der Waals surface area (Å²) in [5, 5.41) is 6.98. The van der Waals surface area contributed by atoms with Crippen molar-refractivity contribution in [2.75, 3.05) is 6.61 Å². The Morgan fingerprint density at radius 2 is 0.761 bits per heavy atom. The van der Waals surface area contributed by atoms with Crippen LogP contribution in [0.2, 0.25) is 78.6 Å². The van der Waals surface area contributed by atoms with E-state index in [2.05, 4.69) is 210 Å².